The van der Waals surface area contributed by atoms with Crippen LogP contribution in [-0.4, -0.2) is 42.8 Å². The number of benzene rings is 1. The Morgan fingerprint density at radius 3 is 1.88 bits per heavy atom. The van der Waals surface area contributed by atoms with Crippen molar-refractivity contribution in [3.05, 3.63) is 34.9 Å². The maximum atomic E-state index is 13.1. The standard InChI is InChI=1S/C16H20F6N2O.ClH/c17-15(18,19)12-8-11(9-13(10-12)16(20,21)22)14(2-1-7-25)24-5-3-23-4-6-24;/h8-10,14,23,25H,1-7H2;1H/t14-;/m1./s1. The van der Waals surface area contributed by atoms with E-state index in [2.05, 4.69) is 5.32 Å². The fraction of sp³-hybridized carbons (Fsp3) is 0.625. The lowest BCUT2D eigenvalue weighted by molar-refractivity contribution is -0.143. The van der Waals surface area contributed by atoms with Crippen LogP contribution in [0.15, 0.2) is 18.2 Å². The first-order chi connectivity index (χ1) is 11.6. The quantitative estimate of drug-likeness (QED) is 0.729. The van der Waals surface area contributed by atoms with Gasteiger partial charge in [0, 0.05) is 38.8 Å². The van der Waals surface area contributed by atoms with Gasteiger partial charge in [-0.15, -0.1) is 12.4 Å². The van der Waals surface area contributed by atoms with E-state index in [1.54, 1.807) is 0 Å². The van der Waals surface area contributed by atoms with Crippen molar-refractivity contribution in [2.75, 3.05) is 32.8 Å². The number of hydrogen-bond donors (Lipinski definition) is 2. The molecule has 2 N–H and O–H groups in total. The van der Waals surface area contributed by atoms with Gasteiger partial charge in [0.1, 0.15) is 0 Å². The molecule has 0 aliphatic carbocycles. The minimum Gasteiger partial charge on any atom is -0.396 e. The molecule has 26 heavy (non-hydrogen) atoms. The molecule has 1 aromatic carbocycles. The van der Waals surface area contributed by atoms with Gasteiger partial charge in [0.05, 0.1) is 11.1 Å². The third-order valence-electron chi connectivity index (χ3n) is 4.22. The Balaban J connectivity index is 0.00000338. The molecule has 1 aliphatic heterocycles. The van der Waals surface area contributed by atoms with Gasteiger partial charge in [0.2, 0.25) is 0 Å². The number of alkyl halides is 6. The van der Waals surface area contributed by atoms with Crippen LogP contribution in [-0.2, 0) is 12.4 Å². The summed E-state index contributed by atoms with van der Waals surface area (Å²) < 4.78 is 78.4. The SMILES string of the molecule is Cl.OCCC[C@H](c1cc(C(F)(F)F)cc(C(F)(F)F)c1)N1CCNCC1. The normalized spacial score (nSPS) is 17.7. The molecule has 1 heterocycles. The van der Waals surface area contributed by atoms with Crippen LogP contribution >= 0.6 is 12.4 Å². The van der Waals surface area contributed by atoms with E-state index >= 15 is 0 Å². The molecular formula is C16H21ClF6N2O. The zero-order valence-corrected chi connectivity index (χ0v) is 14.6. The Bertz CT molecular complexity index is 541. The van der Waals surface area contributed by atoms with E-state index in [1.807, 2.05) is 4.90 Å². The van der Waals surface area contributed by atoms with E-state index in [-0.39, 0.29) is 37.1 Å². The molecule has 0 aromatic heterocycles. The number of rotatable bonds is 5. The van der Waals surface area contributed by atoms with Crippen molar-refractivity contribution in [3.63, 3.8) is 0 Å². The molecule has 1 aromatic rings. The highest BCUT2D eigenvalue weighted by Gasteiger charge is 2.38. The van der Waals surface area contributed by atoms with Crippen LogP contribution in [0, 0.1) is 0 Å². The molecule has 2 rings (SSSR count). The van der Waals surface area contributed by atoms with Crippen molar-refractivity contribution in [2.24, 2.45) is 0 Å². The van der Waals surface area contributed by atoms with E-state index in [4.69, 9.17) is 5.11 Å². The molecule has 0 unspecified atom stereocenters. The third-order valence-corrected chi connectivity index (χ3v) is 4.22. The average Bonchev–Trinajstić information content (AvgIpc) is 2.54. The van der Waals surface area contributed by atoms with E-state index in [1.165, 1.54) is 0 Å². The van der Waals surface area contributed by atoms with Crippen molar-refractivity contribution in [1.82, 2.24) is 10.2 Å². The monoisotopic (exact) mass is 406 g/mol. The highest BCUT2D eigenvalue weighted by molar-refractivity contribution is 5.85. The summed E-state index contributed by atoms with van der Waals surface area (Å²) in [5.41, 5.74) is -2.62. The van der Waals surface area contributed by atoms with Crippen LogP contribution in [0.1, 0.15) is 35.6 Å². The molecule has 10 heteroatoms. The molecule has 0 saturated carbocycles. The Morgan fingerprint density at radius 2 is 1.46 bits per heavy atom. The van der Waals surface area contributed by atoms with Gasteiger partial charge in [-0.3, -0.25) is 4.90 Å². The molecule has 0 amide bonds. The van der Waals surface area contributed by atoms with Crippen LogP contribution in [0.4, 0.5) is 26.3 Å². The smallest absolute Gasteiger partial charge is 0.396 e. The lowest BCUT2D eigenvalue weighted by atomic mass is 9.95. The average molecular weight is 407 g/mol. The van der Waals surface area contributed by atoms with Crippen LogP contribution < -0.4 is 5.32 Å². The summed E-state index contributed by atoms with van der Waals surface area (Å²) in [4.78, 5) is 1.86. The third kappa shape index (κ3) is 6.00. The van der Waals surface area contributed by atoms with Gasteiger partial charge in [-0.1, -0.05) is 0 Å². The molecule has 150 valence electrons. The van der Waals surface area contributed by atoms with Gasteiger partial charge in [-0.2, -0.15) is 26.3 Å². The first-order valence-corrected chi connectivity index (χ1v) is 7.98. The zero-order valence-electron chi connectivity index (χ0n) is 13.8. The zero-order chi connectivity index (χ0) is 18.7. The summed E-state index contributed by atoms with van der Waals surface area (Å²) >= 11 is 0. The second-order valence-corrected chi connectivity index (χ2v) is 6.01. The lowest BCUT2D eigenvalue weighted by Gasteiger charge is -2.35. The van der Waals surface area contributed by atoms with Gasteiger partial charge in [-0.25, -0.2) is 0 Å². The van der Waals surface area contributed by atoms with Gasteiger partial charge in [0.25, 0.3) is 0 Å². The number of nitrogens with one attached hydrogen (secondary N) is 1. The predicted molar refractivity (Wildman–Crippen MR) is 87.2 cm³/mol. The summed E-state index contributed by atoms with van der Waals surface area (Å²) in [5, 5.41) is 12.1. The van der Waals surface area contributed by atoms with Crippen molar-refractivity contribution < 1.29 is 31.4 Å². The Labute approximate surface area is 153 Å². The maximum absolute atomic E-state index is 13.1. The molecule has 1 saturated heterocycles. The van der Waals surface area contributed by atoms with Crippen molar-refractivity contribution >= 4 is 12.4 Å². The second-order valence-electron chi connectivity index (χ2n) is 6.01. The van der Waals surface area contributed by atoms with E-state index < -0.39 is 29.5 Å². The molecule has 0 radical (unpaired) electrons. The van der Waals surface area contributed by atoms with Crippen LogP contribution in [0.3, 0.4) is 0 Å². The summed E-state index contributed by atoms with van der Waals surface area (Å²) in [7, 11) is 0. The topological polar surface area (TPSA) is 35.5 Å². The summed E-state index contributed by atoms with van der Waals surface area (Å²) in [5.74, 6) is 0. The number of nitrogens with zero attached hydrogens (tertiary/aromatic N) is 1. The Hall–Kier alpha value is -1.03. The lowest BCUT2D eigenvalue weighted by Crippen LogP contribution is -2.45. The van der Waals surface area contributed by atoms with Gasteiger partial charge in [0.15, 0.2) is 0 Å². The minimum absolute atomic E-state index is 0. The van der Waals surface area contributed by atoms with E-state index in [0.717, 1.165) is 12.1 Å². The van der Waals surface area contributed by atoms with Gasteiger partial charge in [-0.05, 0) is 36.6 Å². The first kappa shape index (κ1) is 23.0. The number of halogens is 7. The fourth-order valence-corrected chi connectivity index (χ4v) is 3.01. The largest absolute Gasteiger partial charge is 0.416 e. The van der Waals surface area contributed by atoms with Crippen molar-refractivity contribution in [3.8, 4) is 0 Å². The molecule has 1 fully saturated rings. The van der Waals surface area contributed by atoms with Crippen LogP contribution in [0.2, 0.25) is 0 Å². The van der Waals surface area contributed by atoms with Crippen LogP contribution in [0.25, 0.3) is 0 Å². The molecule has 0 bridgehead atoms. The number of hydrogen-bond acceptors (Lipinski definition) is 3. The fourth-order valence-electron chi connectivity index (χ4n) is 3.01. The molecule has 0 spiro atoms. The first-order valence-electron chi connectivity index (χ1n) is 7.98. The van der Waals surface area contributed by atoms with E-state index in [9.17, 15) is 26.3 Å². The van der Waals surface area contributed by atoms with Crippen molar-refractivity contribution in [2.45, 2.75) is 31.2 Å². The van der Waals surface area contributed by atoms with Gasteiger partial charge >= 0.3 is 12.4 Å². The molecule has 1 atom stereocenters. The van der Waals surface area contributed by atoms with Crippen molar-refractivity contribution in [1.29, 1.82) is 0 Å². The highest BCUT2D eigenvalue weighted by atomic mass is 35.5. The Kier molecular flexibility index (Phi) is 8.19. The number of aliphatic hydroxyl groups excluding tert-OH is 1. The maximum Gasteiger partial charge on any atom is 0.416 e. The molecule has 1 aliphatic rings. The van der Waals surface area contributed by atoms with Crippen LogP contribution in [0.5, 0.6) is 0 Å². The number of piperazine rings is 1. The molecule has 3 nitrogen and oxygen atoms in total. The summed E-state index contributed by atoms with van der Waals surface area (Å²) in [6.07, 6.45) is -9.14. The highest BCUT2D eigenvalue weighted by Crippen LogP contribution is 2.39. The summed E-state index contributed by atoms with van der Waals surface area (Å²) in [6.45, 7) is 2.09. The second kappa shape index (κ2) is 9.25. The number of aliphatic hydroxyl groups is 1. The Morgan fingerprint density at radius 1 is 0.962 bits per heavy atom. The van der Waals surface area contributed by atoms with E-state index in [0.29, 0.717) is 32.6 Å². The van der Waals surface area contributed by atoms with Gasteiger partial charge < -0.3 is 10.4 Å². The molecular weight excluding hydrogens is 386 g/mol. The predicted octanol–water partition coefficient (Wildman–Crippen LogP) is 3.86. The summed E-state index contributed by atoms with van der Waals surface area (Å²) in [6, 6.07) is 1.13. The minimum atomic E-state index is -4.86.